The molecule has 1 aromatic heterocycles. The van der Waals surface area contributed by atoms with Gasteiger partial charge in [-0.25, -0.2) is 9.37 Å². The average Bonchev–Trinajstić information content (AvgIpc) is 3.08. The molecule has 3 rings (SSSR count). The molecule has 1 amide bonds. The van der Waals surface area contributed by atoms with Crippen molar-refractivity contribution < 1.29 is 13.9 Å². The molecule has 0 atom stereocenters. The summed E-state index contributed by atoms with van der Waals surface area (Å²) in [5.74, 6) is -0.552. The molecule has 164 valence electrons. The number of hydrogen-bond donors (Lipinski definition) is 3. The Morgan fingerprint density at radius 2 is 2.03 bits per heavy atom. The van der Waals surface area contributed by atoms with Crippen LogP contribution in [-0.2, 0) is 13.0 Å². The molecule has 0 fully saturated rings. The molecule has 0 bridgehead atoms. The number of nitrogens with one attached hydrogen (secondary N) is 2. The number of imidazole rings is 1. The molecule has 1 heterocycles. The van der Waals surface area contributed by atoms with Crippen LogP contribution in [0.4, 0.5) is 10.1 Å². The minimum atomic E-state index is -0.717. The van der Waals surface area contributed by atoms with E-state index in [0.29, 0.717) is 23.0 Å². The standard InChI is InChI=1S/C21H20Cl3FN4O2/c1-2-3-4-16-28-18(20(24)29-16)21(30)27-10-11-5-6-15(23)19(17(11)25)31-14-8-12(22)7-13(26)9-14/h5-9H,2-4,10,26H2,1H3,(H,27,30)(H,28,29). The number of nitrogens with two attached hydrogens (primary N) is 1. The quantitative estimate of drug-likeness (QED) is 0.333. The fourth-order valence-corrected chi connectivity index (χ4v) is 3.49. The highest BCUT2D eigenvalue weighted by Crippen LogP contribution is 2.35. The molecule has 4 N–H and O–H groups in total. The van der Waals surface area contributed by atoms with E-state index >= 15 is 4.39 Å². The summed E-state index contributed by atoms with van der Waals surface area (Å²) in [4.78, 5) is 19.5. The minimum absolute atomic E-state index is 0.0586. The number of halogens is 4. The number of hydrogen-bond acceptors (Lipinski definition) is 4. The molecule has 0 saturated carbocycles. The van der Waals surface area contributed by atoms with Gasteiger partial charge in [-0.15, -0.1) is 0 Å². The summed E-state index contributed by atoms with van der Waals surface area (Å²) in [7, 11) is 0. The molecule has 0 saturated heterocycles. The molecular formula is C21H20Cl3FN4O2. The van der Waals surface area contributed by atoms with Crippen molar-refractivity contribution in [2.45, 2.75) is 32.7 Å². The molecule has 0 aliphatic carbocycles. The van der Waals surface area contributed by atoms with Gasteiger partial charge >= 0.3 is 0 Å². The van der Waals surface area contributed by atoms with Gasteiger partial charge in [0.05, 0.1) is 5.02 Å². The first kappa shape index (κ1) is 23.2. The monoisotopic (exact) mass is 484 g/mol. The maximum absolute atomic E-state index is 15.0. The zero-order valence-electron chi connectivity index (χ0n) is 16.6. The predicted octanol–water partition coefficient (Wildman–Crippen LogP) is 6.16. The predicted molar refractivity (Wildman–Crippen MR) is 121 cm³/mol. The number of ether oxygens (including phenoxy) is 1. The number of nitrogen functional groups attached to an aromatic ring is 1. The smallest absolute Gasteiger partial charge is 0.271 e. The fraction of sp³-hybridized carbons (Fsp3) is 0.238. The van der Waals surface area contributed by atoms with E-state index in [0.717, 1.165) is 12.8 Å². The highest BCUT2D eigenvalue weighted by atomic mass is 35.5. The summed E-state index contributed by atoms with van der Waals surface area (Å²) in [6.45, 7) is 1.94. The van der Waals surface area contributed by atoms with Crippen LogP contribution in [0.2, 0.25) is 15.2 Å². The Morgan fingerprint density at radius 3 is 2.74 bits per heavy atom. The van der Waals surface area contributed by atoms with Crippen molar-refractivity contribution in [2.24, 2.45) is 0 Å². The van der Waals surface area contributed by atoms with Crippen molar-refractivity contribution in [3.05, 3.63) is 68.4 Å². The molecule has 0 unspecified atom stereocenters. The molecule has 0 aliphatic heterocycles. The maximum atomic E-state index is 15.0. The topological polar surface area (TPSA) is 93.0 Å². The van der Waals surface area contributed by atoms with Crippen molar-refractivity contribution in [1.29, 1.82) is 0 Å². The Bertz CT molecular complexity index is 1080. The summed E-state index contributed by atoms with van der Waals surface area (Å²) in [6, 6.07) is 7.44. The van der Waals surface area contributed by atoms with Crippen LogP contribution in [0.25, 0.3) is 0 Å². The van der Waals surface area contributed by atoms with Gasteiger partial charge in [0, 0.05) is 35.3 Å². The SMILES string of the molecule is CCCCc1nc(Cl)c(C(=O)NCc2ccc(Cl)c(Oc3cc(N)cc(Cl)c3)c2F)[nH]1. The highest BCUT2D eigenvalue weighted by Gasteiger charge is 2.19. The van der Waals surface area contributed by atoms with E-state index in [4.69, 9.17) is 45.3 Å². The number of nitrogens with zero attached hydrogens (tertiary/aromatic N) is 1. The van der Waals surface area contributed by atoms with E-state index in [-0.39, 0.29) is 39.5 Å². The van der Waals surface area contributed by atoms with Gasteiger partial charge in [-0.2, -0.15) is 0 Å². The number of aryl methyl sites for hydroxylation is 1. The fourth-order valence-electron chi connectivity index (χ4n) is 2.84. The third-order valence-electron chi connectivity index (χ3n) is 4.38. The summed E-state index contributed by atoms with van der Waals surface area (Å²) >= 11 is 18.1. The van der Waals surface area contributed by atoms with Gasteiger partial charge in [0.2, 0.25) is 0 Å². The van der Waals surface area contributed by atoms with E-state index in [1.165, 1.54) is 30.3 Å². The molecular weight excluding hydrogens is 466 g/mol. The number of benzene rings is 2. The van der Waals surface area contributed by atoms with Gasteiger partial charge in [-0.1, -0.05) is 54.2 Å². The van der Waals surface area contributed by atoms with Crippen LogP contribution < -0.4 is 15.8 Å². The normalized spacial score (nSPS) is 10.9. The first-order chi connectivity index (χ1) is 14.8. The molecule has 2 aromatic carbocycles. The summed E-state index contributed by atoms with van der Waals surface area (Å²) in [5.41, 5.74) is 6.40. The number of aromatic amines is 1. The average molecular weight is 486 g/mol. The van der Waals surface area contributed by atoms with Crippen molar-refractivity contribution in [1.82, 2.24) is 15.3 Å². The molecule has 0 spiro atoms. The third kappa shape index (κ3) is 5.81. The van der Waals surface area contributed by atoms with Crippen LogP contribution in [0, 0.1) is 5.82 Å². The van der Waals surface area contributed by atoms with Crippen molar-refractivity contribution in [2.75, 3.05) is 5.73 Å². The number of carbonyl (C=O) groups is 1. The largest absolute Gasteiger partial charge is 0.453 e. The van der Waals surface area contributed by atoms with Gasteiger partial charge in [0.25, 0.3) is 5.91 Å². The third-order valence-corrected chi connectivity index (χ3v) is 5.17. The first-order valence-electron chi connectivity index (χ1n) is 9.51. The second kappa shape index (κ2) is 10.2. The van der Waals surface area contributed by atoms with Crippen LogP contribution in [0.5, 0.6) is 11.5 Å². The summed E-state index contributed by atoms with van der Waals surface area (Å²) in [6.07, 6.45) is 2.59. The van der Waals surface area contributed by atoms with Gasteiger partial charge < -0.3 is 20.8 Å². The summed E-state index contributed by atoms with van der Waals surface area (Å²) < 4.78 is 20.6. The number of H-pyrrole nitrogens is 1. The Labute approximate surface area is 193 Å². The lowest BCUT2D eigenvalue weighted by Crippen LogP contribution is -2.24. The second-order valence-corrected chi connectivity index (χ2v) is 8.01. The Morgan fingerprint density at radius 1 is 1.26 bits per heavy atom. The van der Waals surface area contributed by atoms with Crippen LogP contribution in [0.1, 0.15) is 41.6 Å². The second-order valence-electron chi connectivity index (χ2n) is 6.81. The Balaban J connectivity index is 1.74. The van der Waals surface area contributed by atoms with Crippen molar-refractivity contribution in [3.63, 3.8) is 0 Å². The van der Waals surface area contributed by atoms with Gasteiger partial charge in [-0.3, -0.25) is 4.79 Å². The maximum Gasteiger partial charge on any atom is 0.271 e. The number of carbonyl (C=O) groups excluding carboxylic acids is 1. The zero-order valence-corrected chi connectivity index (χ0v) is 18.8. The van der Waals surface area contributed by atoms with E-state index in [1.54, 1.807) is 0 Å². The summed E-state index contributed by atoms with van der Waals surface area (Å²) in [5, 5.41) is 3.09. The van der Waals surface area contributed by atoms with Crippen LogP contribution in [0.3, 0.4) is 0 Å². The van der Waals surface area contributed by atoms with Gasteiger partial charge in [0.15, 0.2) is 16.7 Å². The molecule has 0 aliphatic rings. The van der Waals surface area contributed by atoms with Gasteiger partial charge in [0.1, 0.15) is 17.3 Å². The van der Waals surface area contributed by atoms with Crippen LogP contribution >= 0.6 is 34.8 Å². The lowest BCUT2D eigenvalue weighted by molar-refractivity contribution is 0.0946. The van der Waals surface area contributed by atoms with E-state index in [9.17, 15) is 4.79 Å². The van der Waals surface area contributed by atoms with E-state index < -0.39 is 11.7 Å². The number of aromatic nitrogens is 2. The Hall–Kier alpha value is -2.48. The highest BCUT2D eigenvalue weighted by molar-refractivity contribution is 6.32. The number of amides is 1. The molecule has 0 radical (unpaired) electrons. The number of anilines is 1. The van der Waals surface area contributed by atoms with E-state index in [2.05, 4.69) is 22.2 Å². The lowest BCUT2D eigenvalue weighted by Gasteiger charge is -2.13. The van der Waals surface area contributed by atoms with Crippen molar-refractivity contribution in [3.8, 4) is 11.5 Å². The van der Waals surface area contributed by atoms with E-state index in [1.807, 2.05) is 0 Å². The molecule has 6 nitrogen and oxygen atoms in total. The Kier molecular flexibility index (Phi) is 7.64. The van der Waals surface area contributed by atoms with Crippen molar-refractivity contribution >= 4 is 46.4 Å². The van der Waals surface area contributed by atoms with Crippen LogP contribution in [0.15, 0.2) is 30.3 Å². The van der Waals surface area contributed by atoms with Crippen LogP contribution in [-0.4, -0.2) is 15.9 Å². The lowest BCUT2D eigenvalue weighted by atomic mass is 10.2. The van der Waals surface area contributed by atoms with Gasteiger partial charge in [-0.05, 0) is 24.6 Å². The molecule has 10 heteroatoms. The first-order valence-corrected chi connectivity index (χ1v) is 10.6. The zero-order chi connectivity index (χ0) is 22.5. The number of unbranched alkanes of at least 4 members (excludes halogenated alkanes) is 1. The minimum Gasteiger partial charge on any atom is -0.453 e. The number of rotatable bonds is 8. The molecule has 3 aromatic rings. The molecule has 31 heavy (non-hydrogen) atoms.